The molecule has 72 valence electrons. The third kappa shape index (κ3) is 1.32. The quantitative estimate of drug-likeness (QED) is 0.441. The van der Waals surface area contributed by atoms with Crippen LogP contribution in [0.15, 0.2) is 12.7 Å². The van der Waals surface area contributed by atoms with E-state index < -0.39 is 0 Å². The first-order valence-corrected chi connectivity index (χ1v) is 4.64. The second-order valence-electron chi connectivity index (χ2n) is 3.93. The van der Waals surface area contributed by atoms with Crippen molar-refractivity contribution in [1.82, 2.24) is 4.90 Å². The largest absolute Gasteiger partial charge is 0.354 e. The minimum Gasteiger partial charge on any atom is -0.354 e. The first-order chi connectivity index (χ1) is 6.69. The van der Waals surface area contributed by atoms with E-state index in [-0.39, 0.29) is 18.2 Å². The van der Waals surface area contributed by atoms with Gasteiger partial charge in [-0.15, -0.1) is 0 Å². The highest BCUT2D eigenvalue weighted by atomic mass is 16.5. The second-order valence-corrected chi connectivity index (χ2v) is 3.93. The number of rotatable bonds is 1. The van der Waals surface area contributed by atoms with Gasteiger partial charge in [0.2, 0.25) is 5.91 Å². The highest BCUT2D eigenvalue weighted by Gasteiger charge is 2.52. The number of nitrogens with zero attached hydrogens (tertiary/aromatic N) is 2. The number of ether oxygens (including phenoxy) is 1. The van der Waals surface area contributed by atoms with Gasteiger partial charge >= 0.3 is 0 Å². The van der Waals surface area contributed by atoms with Gasteiger partial charge in [0.15, 0.2) is 0 Å². The van der Waals surface area contributed by atoms with Crippen LogP contribution in [0.2, 0.25) is 12.6 Å². The van der Waals surface area contributed by atoms with E-state index in [1.54, 1.807) is 4.90 Å². The van der Waals surface area contributed by atoms with Crippen molar-refractivity contribution >= 4 is 12.6 Å². The van der Waals surface area contributed by atoms with Crippen LogP contribution in [-0.4, -0.2) is 36.4 Å². The van der Waals surface area contributed by atoms with Crippen LogP contribution < -0.4 is 0 Å². The Balaban J connectivity index is 1.94. The van der Waals surface area contributed by atoms with Crippen molar-refractivity contribution in [2.24, 2.45) is 0 Å². The number of hydrogen-bond donors (Lipinski definition) is 0. The lowest BCUT2D eigenvalue weighted by molar-refractivity contribution is -0.126. The molecule has 0 aromatic heterocycles. The lowest BCUT2D eigenvalue weighted by atomic mass is 9.31. The molecule has 0 bridgehead atoms. The Kier molecular flexibility index (Phi) is 2.08. The molecule has 2 rings (SSSR count). The molecule has 0 saturated carbocycles. The molecule has 2 aliphatic rings. The summed E-state index contributed by atoms with van der Waals surface area (Å²) >= 11 is 0. The minimum atomic E-state index is -0.223. The molecule has 2 saturated heterocycles. The van der Waals surface area contributed by atoms with Crippen LogP contribution >= 0.6 is 0 Å². The van der Waals surface area contributed by atoms with Crippen molar-refractivity contribution < 1.29 is 9.53 Å². The summed E-state index contributed by atoms with van der Waals surface area (Å²) in [6.07, 6.45) is 2.80. The maximum absolute atomic E-state index is 11.3. The van der Waals surface area contributed by atoms with Gasteiger partial charge in [-0.1, -0.05) is 6.58 Å². The minimum absolute atomic E-state index is 0.0951. The van der Waals surface area contributed by atoms with E-state index in [2.05, 4.69) is 12.5 Å². The predicted molar refractivity (Wildman–Crippen MR) is 51.6 cm³/mol. The molecule has 2 fully saturated rings. The zero-order valence-corrected chi connectivity index (χ0v) is 7.90. The molecule has 1 amide bonds. The Morgan fingerprint density at radius 2 is 2.43 bits per heavy atom. The Morgan fingerprint density at radius 1 is 1.71 bits per heavy atom. The summed E-state index contributed by atoms with van der Waals surface area (Å²) < 4.78 is 5.55. The summed E-state index contributed by atoms with van der Waals surface area (Å²) in [5, 5.41) is 8.65. The Morgan fingerprint density at radius 3 is 3.00 bits per heavy atom. The van der Waals surface area contributed by atoms with Crippen molar-refractivity contribution in [3.8, 4) is 5.97 Å². The molecule has 1 spiro atoms. The second kappa shape index (κ2) is 3.14. The van der Waals surface area contributed by atoms with Gasteiger partial charge in [-0.25, -0.2) is 5.26 Å². The van der Waals surface area contributed by atoms with Crippen molar-refractivity contribution in [3.63, 3.8) is 0 Å². The first kappa shape index (κ1) is 9.29. The van der Waals surface area contributed by atoms with Gasteiger partial charge in [-0.2, -0.15) is 0 Å². The van der Waals surface area contributed by atoms with Gasteiger partial charge in [0, 0.05) is 5.97 Å². The lowest BCUT2D eigenvalue weighted by Crippen LogP contribution is -2.51. The summed E-state index contributed by atoms with van der Waals surface area (Å²) in [6, 6.07) is 0. The molecule has 4 nitrogen and oxygen atoms in total. The zero-order chi connectivity index (χ0) is 10.2. The van der Waals surface area contributed by atoms with Crippen molar-refractivity contribution in [1.29, 1.82) is 5.26 Å². The summed E-state index contributed by atoms with van der Waals surface area (Å²) in [6.45, 7) is 4.48. The number of amides is 1. The SMILES string of the molecule is C=CC(=O)N1COC2(CB(C#N)C2)C1. The molecule has 0 aromatic carbocycles. The molecule has 0 aliphatic carbocycles. The van der Waals surface area contributed by atoms with E-state index >= 15 is 0 Å². The third-order valence-electron chi connectivity index (χ3n) is 2.91. The molecule has 0 radical (unpaired) electrons. The van der Waals surface area contributed by atoms with Crippen LogP contribution in [0.4, 0.5) is 0 Å². The fourth-order valence-electron chi connectivity index (χ4n) is 2.10. The van der Waals surface area contributed by atoms with Crippen molar-refractivity contribution in [3.05, 3.63) is 12.7 Å². The van der Waals surface area contributed by atoms with Crippen LogP contribution in [0.5, 0.6) is 0 Å². The van der Waals surface area contributed by atoms with E-state index in [0.29, 0.717) is 13.3 Å². The molecule has 0 aromatic rings. The van der Waals surface area contributed by atoms with Crippen molar-refractivity contribution in [2.45, 2.75) is 18.2 Å². The molecule has 0 unspecified atom stereocenters. The molecule has 0 atom stereocenters. The van der Waals surface area contributed by atoms with Crippen LogP contribution in [0.25, 0.3) is 0 Å². The molecule has 5 heteroatoms. The van der Waals surface area contributed by atoms with E-state index in [4.69, 9.17) is 10.00 Å². The number of hydrogen-bond acceptors (Lipinski definition) is 3. The highest BCUT2D eigenvalue weighted by molar-refractivity contribution is 6.70. The number of carbonyl (C=O) groups excluding carboxylic acids is 1. The van der Waals surface area contributed by atoms with Gasteiger partial charge in [0.05, 0.1) is 12.1 Å². The van der Waals surface area contributed by atoms with Gasteiger partial charge in [0.1, 0.15) is 6.73 Å². The predicted octanol–water partition coefficient (Wildman–Crippen LogP) is 0.299. The molecule has 2 aliphatic heterocycles. The first-order valence-electron chi connectivity index (χ1n) is 4.64. The van der Waals surface area contributed by atoms with E-state index in [0.717, 1.165) is 12.6 Å². The fourth-order valence-corrected chi connectivity index (χ4v) is 2.10. The number of nitriles is 1. The third-order valence-corrected chi connectivity index (χ3v) is 2.91. The monoisotopic (exact) mass is 190 g/mol. The van der Waals surface area contributed by atoms with E-state index in [1.165, 1.54) is 6.08 Å². The Labute approximate surface area is 83.2 Å². The molecule has 0 N–H and O–H groups in total. The number of carbonyl (C=O) groups is 1. The summed E-state index contributed by atoms with van der Waals surface area (Å²) in [7, 11) is 0. The maximum Gasteiger partial charge on any atom is 0.273 e. The molecular formula is C9H11BN2O2. The lowest BCUT2D eigenvalue weighted by Gasteiger charge is -2.38. The Bertz CT molecular complexity index is 317. The van der Waals surface area contributed by atoms with Crippen molar-refractivity contribution in [2.75, 3.05) is 13.3 Å². The van der Waals surface area contributed by atoms with Crippen LogP contribution in [0.3, 0.4) is 0 Å². The summed E-state index contributed by atoms with van der Waals surface area (Å²) in [4.78, 5) is 12.9. The average Bonchev–Trinajstić information content (AvgIpc) is 2.58. The zero-order valence-electron chi connectivity index (χ0n) is 7.90. The summed E-state index contributed by atoms with van der Waals surface area (Å²) in [5.74, 6) is 2.11. The molecule has 2 heterocycles. The topological polar surface area (TPSA) is 53.3 Å². The van der Waals surface area contributed by atoms with Gasteiger partial charge in [-0.05, 0) is 18.7 Å². The van der Waals surface area contributed by atoms with Gasteiger partial charge in [0.25, 0.3) is 6.71 Å². The van der Waals surface area contributed by atoms with E-state index in [9.17, 15) is 4.79 Å². The van der Waals surface area contributed by atoms with Gasteiger partial charge < -0.3 is 9.64 Å². The average molecular weight is 190 g/mol. The smallest absolute Gasteiger partial charge is 0.273 e. The van der Waals surface area contributed by atoms with Crippen LogP contribution in [0, 0.1) is 11.2 Å². The van der Waals surface area contributed by atoms with Gasteiger partial charge in [-0.3, -0.25) is 4.79 Å². The highest BCUT2D eigenvalue weighted by Crippen LogP contribution is 2.41. The Hall–Kier alpha value is -1.28. The normalized spacial score (nSPS) is 23.1. The maximum atomic E-state index is 11.3. The van der Waals surface area contributed by atoms with Crippen LogP contribution in [-0.2, 0) is 9.53 Å². The summed E-state index contributed by atoms with van der Waals surface area (Å²) in [5.41, 5.74) is -0.223. The fraction of sp³-hybridized carbons (Fsp3) is 0.556. The van der Waals surface area contributed by atoms with E-state index in [1.807, 2.05) is 0 Å². The van der Waals surface area contributed by atoms with Crippen LogP contribution in [0.1, 0.15) is 0 Å². The molecular weight excluding hydrogens is 179 g/mol. The molecule has 14 heavy (non-hydrogen) atoms. The standard InChI is InChI=1S/C9H11BN2O2/c1-2-8(13)12-5-9(14-7-12)3-10(4-9)6-11/h2H,1,3-5,7H2.